The average molecular weight is 250 g/mol. The van der Waals surface area contributed by atoms with E-state index in [9.17, 15) is 4.79 Å². The smallest absolute Gasteiger partial charge is 0.227 e. The number of Topliss-reactive ketones (excluding diaryl/α,β-unsaturated/α-hetero) is 1. The number of ketones is 1. The van der Waals surface area contributed by atoms with E-state index < -0.39 is 0 Å². The van der Waals surface area contributed by atoms with Crippen LogP contribution in [0.2, 0.25) is 0 Å². The summed E-state index contributed by atoms with van der Waals surface area (Å²) in [6.07, 6.45) is 9.10. The van der Waals surface area contributed by atoms with Crippen LogP contribution in [0.25, 0.3) is 0 Å². The van der Waals surface area contributed by atoms with Crippen molar-refractivity contribution in [2.45, 2.75) is 51.7 Å². The second kappa shape index (κ2) is 6.14. The van der Waals surface area contributed by atoms with Crippen molar-refractivity contribution < 1.29 is 9.53 Å². The standard InChI is InChI=1S/C14H22N2O2/c1-3-16-10-9-15-14(16)12(17)13(18-2)11-7-5-4-6-8-11/h9-11,13H,3-8H2,1-2H3. The fraction of sp³-hybridized carbons (Fsp3) is 0.714. The SMILES string of the molecule is CCn1ccnc1C(=O)C(OC)C1CCCCC1. The number of aromatic nitrogens is 2. The average Bonchev–Trinajstić information content (AvgIpc) is 2.89. The number of aryl methyl sites for hydroxylation is 1. The number of imidazole rings is 1. The largest absolute Gasteiger partial charge is 0.373 e. The van der Waals surface area contributed by atoms with E-state index >= 15 is 0 Å². The minimum Gasteiger partial charge on any atom is -0.373 e. The molecule has 1 aliphatic carbocycles. The summed E-state index contributed by atoms with van der Waals surface area (Å²) in [5.74, 6) is 0.935. The first-order valence-electron chi connectivity index (χ1n) is 6.86. The highest BCUT2D eigenvalue weighted by atomic mass is 16.5. The molecule has 0 aliphatic heterocycles. The van der Waals surface area contributed by atoms with Gasteiger partial charge in [-0.15, -0.1) is 0 Å². The summed E-state index contributed by atoms with van der Waals surface area (Å²) in [4.78, 5) is 16.7. The molecule has 1 heterocycles. The van der Waals surface area contributed by atoms with Gasteiger partial charge in [0.1, 0.15) is 6.10 Å². The van der Waals surface area contributed by atoms with Gasteiger partial charge < -0.3 is 9.30 Å². The van der Waals surface area contributed by atoms with Gasteiger partial charge >= 0.3 is 0 Å². The van der Waals surface area contributed by atoms with E-state index in [1.54, 1.807) is 13.3 Å². The van der Waals surface area contributed by atoms with Crippen LogP contribution >= 0.6 is 0 Å². The third kappa shape index (κ3) is 2.64. The molecule has 0 radical (unpaired) electrons. The number of methoxy groups -OCH3 is 1. The zero-order valence-corrected chi connectivity index (χ0v) is 11.3. The molecule has 1 aliphatic rings. The summed E-state index contributed by atoms with van der Waals surface area (Å²) in [5, 5.41) is 0. The predicted octanol–water partition coefficient (Wildman–Crippen LogP) is 2.68. The third-order valence-electron chi connectivity index (χ3n) is 3.87. The van der Waals surface area contributed by atoms with Gasteiger partial charge in [-0.25, -0.2) is 4.98 Å². The minimum atomic E-state index is -0.321. The molecule has 0 aromatic carbocycles. The molecule has 1 atom stereocenters. The van der Waals surface area contributed by atoms with E-state index in [0.717, 1.165) is 19.4 Å². The van der Waals surface area contributed by atoms with Crippen LogP contribution in [0, 0.1) is 5.92 Å². The lowest BCUT2D eigenvalue weighted by molar-refractivity contribution is 0.0302. The molecule has 0 saturated heterocycles. The van der Waals surface area contributed by atoms with Crippen molar-refractivity contribution in [3.63, 3.8) is 0 Å². The lowest BCUT2D eigenvalue weighted by Gasteiger charge is -2.28. The van der Waals surface area contributed by atoms with Crippen LogP contribution in [-0.4, -0.2) is 28.5 Å². The Morgan fingerprint density at radius 3 is 2.83 bits per heavy atom. The molecule has 0 N–H and O–H groups in total. The second-order valence-electron chi connectivity index (χ2n) is 4.96. The first-order valence-corrected chi connectivity index (χ1v) is 6.86. The molecule has 1 saturated carbocycles. The van der Waals surface area contributed by atoms with Crippen LogP contribution in [0.4, 0.5) is 0 Å². The van der Waals surface area contributed by atoms with Crippen molar-refractivity contribution in [1.29, 1.82) is 0 Å². The number of carbonyl (C=O) groups is 1. The Labute approximate surface area is 108 Å². The van der Waals surface area contributed by atoms with E-state index in [1.165, 1.54) is 19.3 Å². The Morgan fingerprint density at radius 2 is 2.22 bits per heavy atom. The van der Waals surface area contributed by atoms with Crippen LogP contribution in [-0.2, 0) is 11.3 Å². The second-order valence-corrected chi connectivity index (χ2v) is 4.96. The van der Waals surface area contributed by atoms with Crippen LogP contribution in [0.15, 0.2) is 12.4 Å². The van der Waals surface area contributed by atoms with Gasteiger partial charge in [-0.05, 0) is 25.7 Å². The fourth-order valence-electron chi connectivity index (χ4n) is 2.87. The van der Waals surface area contributed by atoms with E-state index in [2.05, 4.69) is 4.98 Å². The Kier molecular flexibility index (Phi) is 4.53. The van der Waals surface area contributed by atoms with Gasteiger partial charge in [0.15, 0.2) is 5.82 Å². The lowest BCUT2D eigenvalue weighted by Crippen LogP contribution is -2.34. The highest BCUT2D eigenvalue weighted by molar-refractivity contribution is 5.96. The molecule has 1 aromatic rings. The molecule has 18 heavy (non-hydrogen) atoms. The predicted molar refractivity (Wildman–Crippen MR) is 69.6 cm³/mol. The molecule has 1 fully saturated rings. The molecule has 1 aromatic heterocycles. The Bertz CT molecular complexity index is 394. The molecular formula is C14H22N2O2. The van der Waals surface area contributed by atoms with E-state index in [4.69, 9.17) is 4.74 Å². The number of rotatable bonds is 5. The maximum Gasteiger partial charge on any atom is 0.227 e. The summed E-state index contributed by atoms with van der Waals surface area (Å²) in [6.45, 7) is 2.78. The van der Waals surface area contributed by atoms with Crippen LogP contribution in [0.1, 0.15) is 49.6 Å². The first kappa shape index (κ1) is 13.3. The van der Waals surface area contributed by atoms with Gasteiger partial charge in [-0.3, -0.25) is 4.79 Å². The molecule has 1 unspecified atom stereocenters. The van der Waals surface area contributed by atoms with E-state index in [-0.39, 0.29) is 11.9 Å². The normalized spacial score (nSPS) is 18.8. The van der Waals surface area contributed by atoms with Gasteiger partial charge in [0.2, 0.25) is 5.78 Å². The summed E-state index contributed by atoms with van der Waals surface area (Å²) in [6, 6.07) is 0. The van der Waals surface area contributed by atoms with Crippen molar-refractivity contribution >= 4 is 5.78 Å². The van der Waals surface area contributed by atoms with Gasteiger partial charge in [0, 0.05) is 26.0 Å². The topological polar surface area (TPSA) is 44.1 Å². The molecular weight excluding hydrogens is 228 g/mol. The van der Waals surface area contributed by atoms with E-state index in [0.29, 0.717) is 11.7 Å². The maximum absolute atomic E-state index is 12.5. The van der Waals surface area contributed by atoms with Crippen molar-refractivity contribution in [3.05, 3.63) is 18.2 Å². The molecule has 4 heteroatoms. The lowest BCUT2D eigenvalue weighted by atomic mass is 9.83. The molecule has 0 amide bonds. The van der Waals surface area contributed by atoms with Crippen LogP contribution in [0.5, 0.6) is 0 Å². The van der Waals surface area contributed by atoms with Gasteiger partial charge in [0.05, 0.1) is 0 Å². The third-order valence-corrected chi connectivity index (χ3v) is 3.87. The van der Waals surface area contributed by atoms with Crippen molar-refractivity contribution in [2.75, 3.05) is 7.11 Å². The summed E-state index contributed by atoms with van der Waals surface area (Å²) < 4.78 is 7.36. The van der Waals surface area contributed by atoms with Gasteiger partial charge in [-0.1, -0.05) is 19.3 Å². The highest BCUT2D eigenvalue weighted by Gasteiger charge is 2.32. The Hall–Kier alpha value is -1.16. The zero-order chi connectivity index (χ0) is 13.0. The van der Waals surface area contributed by atoms with Crippen molar-refractivity contribution in [2.24, 2.45) is 5.92 Å². The Balaban J connectivity index is 2.14. The number of nitrogens with zero attached hydrogens (tertiary/aromatic N) is 2. The van der Waals surface area contributed by atoms with E-state index in [1.807, 2.05) is 17.7 Å². The maximum atomic E-state index is 12.5. The molecule has 0 spiro atoms. The number of ether oxygens (including phenoxy) is 1. The molecule has 2 rings (SSSR count). The van der Waals surface area contributed by atoms with Crippen LogP contribution < -0.4 is 0 Å². The minimum absolute atomic E-state index is 0.0382. The molecule has 100 valence electrons. The number of carbonyl (C=O) groups excluding carboxylic acids is 1. The Morgan fingerprint density at radius 1 is 1.50 bits per heavy atom. The first-order chi connectivity index (χ1) is 8.77. The monoisotopic (exact) mass is 250 g/mol. The fourth-order valence-corrected chi connectivity index (χ4v) is 2.87. The van der Waals surface area contributed by atoms with Crippen LogP contribution in [0.3, 0.4) is 0 Å². The zero-order valence-electron chi connectivity index (χ0n) is 11.3. The molecule has 0 bridgehead atoms. The highest BCUT2D eigenvalue weighted by Crippen LogP contribution is 2.29. The summed E-state index contributed by atoms with van der Waals surface area (Å²) >= 11 is 0. The number of hydrogen-bond acceptors (Lipinski definition) is 3. The summed E-state index contributed by atoms with van der Waals surface area (Å²) in [7, 11) is 1.64. The van der Waals surface area contributed by atoms with Gasteiger partial charge in [0.25, 0.3) is 0 Å². The molecule has 4 nitrogen and oxygen atoms in total. The van der Waals surface area contributed by atoms with Gasteiger partial charge in [-0.2, -0.15) is 0 Å². The van der Waals surface area contributed by atoms with Crippen molar-refractivity contribution in [3.8, 4) is 0 Å². The quantitative estimate of drug-likeness (QED) is 0.755. The summed E-state index contributed by atoms with van der Waals surface area (Å²) in [5.41, 5.74) is 0. The van der Waals surface area contributed by atoms with Crippen molar-refractivity contribution in [1.82, 2.24) is 9.55 Å². The number of hydrogen-bond donors (Lipinski definition) is 0.